The molecule has 1 fully saturated rings. The lowest BCUT2D eigenvalue weighted by molar-refractivity contribution is -0.132. The second-order valence-corrected chi connectivity index (χ2v) is 12.0. The number of amides is 1. The zero-order valence-electron chi connectivity index (χ0n) is 22.9. The third-order valence-corrected chi connectivity index (χ3v) is 6.68. The summed E-state index contributed by atoms with van der Waals surface area (Å²) in [5.74, 6) is 2.90. The third-order valence-electron chi connectivity index (χ3n) is 6.68. The molecule has 194 valence electrons. The predicted octanol–water partition coefficient (Wildman–Crippen LogP) is 5.52. The van der Waals surface area contributed by atoms with E-state index in [9.17, 15) is 4.79 Å². The molecule has 0 spiro atoms. The topological polar surface area (TPSA) is 67.2 Å². The number of benzene rings is 1. The van der Waals surface area contributed by atoms with Crippen LogP contribution in [0.4, 0.5) is 5.82 Å². The van der Waals surface area contributed by atoms with E-state index in [-0.39, 0.29) is 11.3 Å². The highest BCUT2D eigenvalue weighted by molar-refractivity contribution is 5.88. The smallest absolute Gasteiger partial charge is 0.222 e. The Morgan fingerprint density at radius 1 is 1.00 bits per heavy atom. The first-order chi connectivity index (χ1) is 17.1. The van der Waals surface area contributed by atoms with Crippen LogP contribution in [-0.2, 0) is 11.2 Å². The van der Waals surface area contributed by atoms with Gasteiger partial charge in [-0.25, -0.2) is 14.6 Å². The number of fused-ring (bicyclic) bond motifs is 1. The number of aromatic nitrogens is 4. The summed E-state index contributed by atoms with van der Waals surface area (Å²) in [5.41, 5.74) is 2.07. The molecule has 3 aromatic rings. The molecule has 36 heavy (non-hydrogen) atoms. The van der Waals surface area contributed by atoms with E-state index in [1.165, 1.54) is 0 Å². The van der Waals surface area contributed by atoms with Crippen molar-refractivity contribution in [3.63, 3.8) is 0 Å². The lowest BCUT2D eigenvalue weighted by Gasteiger charge is -2.26. The Kier molecular flexibility index (Phi) is 7.96. The van der Waals surface area contributed by atoms with Crippen molar-refractivity contribution in [2.75, 3.05) is 31.1 Å². The van der Waals surface area contributed by atoms with Crippen molar-refractivity contribution in [3.8, 4) is 5.69 Å². The fourth-order valence-electron chi connectivity index (χ4n) is 5.32. The van der Waals surface area contributed by atoms with Gasteiger partial charge in [0.2, 0.25) is 5.91 Å². The average Bonchev–Trinajstić information content (AvgIpc) is 3.06. The van der Waals surface area contributed by atoms with Gasteiger partial charge in [-0.3, -0.25) is 4.79 Å². The molecule has 2 aromatic heterocycles. The Bertz CT molecular complexity index is 1160. The van der Waals surface area contributed by atoms with Crippen molar-refractivity contribution in [1.82, 2.24) is 24.6 Å². The second kappa shape index (κ2) is 11.0. The van der Waals surface area contributed by atoms with Crippen molar-refractivity contribution < 1.29 is 4.79 Å². The summed E-state index contributed by atoms with van der Waals surface area (Å²) >= 11 is 0. The van der Waals surface area contributed by atoms with Gasteiger partial charge in [-0.2, -0.15) is 5.10 Å². The summed E-state index contributed by atoms with van der Waals surface area (Å²) in [4.78, 5) is 27.5. The standard InChI is InChI=1S/C29H42N6O/c1-21(2)17-25-31-27(24-20-30-35(28(24)32-25)23-11-8-7-9-12-23)34-14-10-13-33(15-16-34)26(36)18-22(3)19-29(4,5)6/h7-9,11-12,20-22H,10,13-19H2,1-6H3. The molecule has 0 bridgehead atoms. The Balaban J connectivity index is 1.57. The minimum absolute atomic E-state index is 0.242. The van der Waals surface area contributed by atoms with Crippen molar-refractivity contribution in [3.05, 3.63) is 42.4 Å². The lowest BCUT2D eigenvalue weighted by atomic mass is 9.84. The fraction of sp³-hybridized carbons (Fsp3) is 0.586. The summed E-state index contributed by atoms with van der Waals surface area (Å²) in [6.45, 7) is 16.5. The van der Waals surface area contributed by atoms with Crippen molar-refractivity contribution in [2.45, 2.75) is 67.2 Å². The highest BCUT2D eigenvalue weighted by Gasteiger charge is 2.25. The molecular weight excluding hydrogens is 448 g/mol. The Hall–Kier alpha value is -2.96. The third kappa shape index (κ3) is 6.42. The first-order valence-corrected chi connectivity index (χ1v) is 13.4. The van der Waals surface area contributed by atoms with Crippen LogP contribution in [0.2, 0.25) is 0 Å². The number of para-hydroxylation sites is 1. The molecule has 1 saturated heterocycles. The molecule has 7 heteroatoms. The highest BCUT2D eigenvalue weighted by atomic mass is 16.2. The van der Waals surface area contributed by atoms with Crippen LogP contribution in [0.1, 0.15) is 66.6 Å². The SMILES string of the molecule is CC(C)Cc1nc(N2CCCN(C(=O)CC(C)CC(C)(C)C)CC2)c2cnn(-c3ccccc3)c2n1. The normalized spacial score (nSPS) is 16.0. The van der Waals surface area contributed by atoms with Crippen LogP contribution in [0, 0.1) is 17.3 Å². The summed E-state index contributed by atoms with van der Waals surface area (Å²) in [5, 5.41) is 5.66. The molecule has 3 heterocycles. The van der Waals surface area contributed by atoms with E-state index in [1.54, 1.807) is 0 Å². The number of hydrogen-bond acceptors (Lipinski definition) is 5. The largest absolute Gasteiger partial charge is 0.354 e. The molecule has 1 atom stereocenters. The first kappa shape index (κ1) is 26.1. The Morgan fingerprint density at radius 3 is 2.44 bits per heavy atom. The van der Waals surface area contributed by atoms with Gasteiger partial charge in [-0.15, -0.1) is 0 Å². The van der Waals surface area contributed by atoms with Gasteiger partial charge in [0.15, 0.2) is 5.65 Å². The zero-order chi connectivity index (χ0) is 25.9. The van der Waals surface area contributed by atoms with E-state index >= 15 is 0 Å². The summed E-state index contributed by atoms with van der Waals surface area (Å²) in [6, 6.07) is 10.1. The van der Waals surface area contributed by atoms with Crippen LogP contribution >= 0.6 is 0 Å². The number of carbonyl (C=O) groups is 1. The van der Waals surface area contributed by atoms with Gasteiger partial charge in [-0.05, 0) is 42.2 Å². The molecular formula is C29H42N6O. The van der Waals surface area contributed by atoms with Crippen molar-refractivity contribution >= 4 is 22.8 Å². The molecule has 1 unspecified atom stereocenters. The molecule has 1 aromatic carbocycles. The molecule has 0 N–H and O–H groups in total. The summed E-state index contributed by atoms with van der Waals surface area (Å²) < 4.78 is 1.91. The molecule has 0 aliphatic carbocycles. The number of rotatable bonds is 7. The molecule has 1 amide bonds. The Labute approximate surface area is 215 Å². The fourth-order valence-corrected chi connectivity index (χ4v) is 5.32. The number of anilines is 1. The molecule has 1 aliphatic heterocycles. The van der Waals surface area contributed by atoms with Crippen LogP contribution in [0.3, 0.4) is 0 Å². The molecule has 0 saturated carbocycles. The first-order valence-electron chi connectivity index (χ1n) is 13.4. The maximum absolute atomic E-state index is 13.1. The van der Waals surface area contributed by atoms with Crippen molar-refractivity contribution in [2.24, 2.45) is 17.3 Å². The molecule has 4 rings (SSSR count). The van der Waals surface area contributed by atoms with Gasteiger partial charge >= 0.3 is 0 Å². The average molecular weight is 491 g/mol. The quantitative estimate of drug-likeness (QED) is 0.437. The van der Waals surface area contributed by atoms with E-state index in [0.717, 1.165) is 73.8 Å². The van der Waals surface area contributed by atoms with E-state index in [1.807, 2.05) is 41.2 Å². The monoisotopic (exact) mass is 490 g/mol. The summed E-state index contributed by atoms with van der Waals surface area (Å²) in [6.07, 6.45) is 5.31. The number of carbonyl (C=O) groups excluding carboxylic acids is 1. The van der Waals surface area contributed by atoms with Gasteiger partial charge in [0.05, 0.1) is 17.3 Å². The molecule has 0 radical (unpaired) electrons. The molecule has 1 aliphatic rings. The van der Waals surface area contributed by atoms with Gasteiger partial charge in [-0.1, -0.05) is 59.7 Å². The zero-order valence-corrected chi connectivity index (χ0v) is 22.9. The van der Waals surface area contributed by atoms with E-state index in [4.69, 9.17) is 15.1 Å². The minimum atomic E-state index is 0.242. The van der Waals surface area contributed by atoms with Crippen LogP contribution in [-0.4, -0.2) is 56.7 Å². The van der Waals surface area contributed by atoms with Gasteiger partial charge in [0, 0.05) is 39.0 Å². The maximum Gasteiger partial charge on any atom is 0.222 e. The summed E-state index contributed by atoms with van der Waals surface area (Å²) in [7, 11) is 0. The van der Waals surface area contributed by atoms with Gasteiger partial charge in [0.1, 0.15) is 11.6 Å². The predicted molar refractivity (Wildman–Crippen MR) is 146 cm³/mol. The van der Waals surface area contributed by atoms with Gasteiger partial charge in [0.25, 0.3) is 0 Å². The number of nitrogens with zero attached hydrogens (tertiary/aromatic N) is 6. The van der Waals surface area contributed by atoms with E-state index in [0.29, 0.717) is 18.3 Å². The highest BCUT2D eigenvalue weighted by Crippen LogP contribution is 2.29. The van der Waals surface area contributed by atoms with Crippen LogP contribution in [0.25, 0.3) is 16.7 Å². The van der Waals surface area contributed by atoms with E-state index in [2.05, 4.69) is 51.3 Å². The molecule has 7 nitrogen and oxygen atoms in total. The maximum atomic E-state index is 13.1. The Morgan fingerprint density at radius 2 is 1.75 bits per heavy atom. The van der Waals surface area contributed by atoms with E-state index < -0.39 is 0 Å². The lowest BCUT2D eigenvalue weighted by Crippen LogP contribution is -2.36. The van der Waals surface area contributed by atoms with Gasteiger partial charge < -0.3 is 9.80 Å². The van der Waals surface area contributed by atoms with Crippen LogP contribution in [0.5, 0.6) is 0 Å². The van der Waals surface area contributed by atoms with Crippen LogP contribution in [0.15, 0.2) is 36.5 Å². The van der Waals surface area contributed by atoms with Crippen LogP contribution < -0.4 is 4.90 Å². The second-order valence-electron chi connectivity index (χ2n) is 12.0. The van der Waals surface area contributed by atoms with Crippen molar-refractivity contribution in [1.29, 1.82) is 0 Å². The minimum Gasteiger partial charge on any atom is -0.354 e. The number of hydrogen-bond donors (Lipinski definition) is 0.